The molecule has 0 heterocycles. The summed E-state index contributed by atoms with van der Waals surface area (Å²) in [4.78, 5) is 9.27. The molecule has 3 N–H and O–H groups in total. The van der Waals surface area contributed by atoms with Crippen LogP contribution in [0.25, 0.3) is 10.8 Å². The summed E-state index contributed by atoms with van der Waals surface area (Å²) in [6.45, 7) is -1.58. The van der Waals surface area contributed by atoms with E-state index < -0.39 is 120 Å². The molecule has 0 aliphatic rings. The maximum absolute atomic E-state index is 12.8. The number of hydrogen-bond acceptors (Lipinski definition) is 28. The number of aromatic carboxylic acids is 1. The van der Waals surface area contributed by atoms with Gasteiger partial charge in [-0.1, -0.05) is 13.5 Å². The molecule has 4 aromatic carbocycles. The van der Waals surface area contributed by atoms with Crippen LogP contribution in [0.5, 0.6) is 5.75 Å². The Kier molecular flexibility index (Phi) is 33.4. The predicted octanol–water partition coefficient (Wildman–Crippen LogP) is -14.1. The van der Waals surface area contributed by atoms with Crippen LogP contribution in [-0.4, -0.2) is 78.6 Å². The average molecular weight is 1070 g/mol. The molecule has 0 radical (unpaired) electrons. The number of nitrogen functional groups attached to an aromatic ring is 1. The van der Waals surface area contributed by atoms with Gasteiger partial charge in [-0.3, -0.25) is 18.4 Å². The summed E-state index contributed by atoms with van der Waals surface area (Å²) in [5.74, 6) is -4.62. The van der Waals surface area contributed by atoms with Crippen LogP contribution in [-0.2, 0) is 67.3 Å². The first kappa shape index (κ1) is 69.8. The summed E-state index contributed by atoms with van der Waals surface area (Å²) in [7, 11) is -19.4. The van der Waals surface area contributed by atoms with Gasteiger partial charge >= 0.3 is 148 Å². The molecule has 328 valence electrons. The standard InChI is InChI=1S/C27H25N5O21S6.CH4.5Na/c28-23-22-14(10-20(54-52-50-36)24(26(22)33)31-29-15-2-1-3-16(12-15)56(38,39)8-6-48-55-53-51-37)11-21(58(42,43)44)25(23)32-30-19-13-17(4-5-18(19)27(34)35)57(40,41)9-7-49-59(45,46)47;;;;;;/h1-5,10-13,33,36-37H,6-9,28H2,(H,34,35)(H,42,43,44)(H,45,46,47);1H4;;;;;/q;;5*+1/p-5. The van der Waals surface area contributed by atoms with Crippen LogP contribution in [0.3, 0.4) is 0 Å². The summed E-state index contributed by atoms with van der Waals surface area (Å²) in [5.41, 5.74) is 1.94. The van der Waals surface area contributed by atoms with Gasteiger partial charge in [0.05, 0.1) is 84.8 Å². The summed E-state index contributed by atoms with van der Waals surface area (Å²) in [6.07, 6.45) is 0. The third-order valence-corrected chi connectivity index (χ3v) is 12.7. The van der Waals surface area contributed by atoms with Crippen LogP contribution in [0, 0.1) is 0 Å². The molecule has 0 aromatic heterocycles. The molecule has 65 heavy (non-hydrogen) atoms. The molecule has 0 saturated carbocycles. The van der Waals surface area contributed by atoms with E-state index in [0.717, 1.165) is 18.2 Å². The van der Waals surface area contributed by atoms with Crippen molar-refractivity contribution in [1.82, 2.24) is 0 Å². The first-order valence-corrected chi connectivity index (χ1v) is 22.4. The zero-order valence-electron chi connectivity index (χ0n) is 33.5. The Hall–Kier alpha value is 0.510. The fourth-order valence-electron chi connectivity index (χ4n) is 4.62. The van der Waals surface area contributed by atoms with E-state index in [1.54, 1.807) is 0 Å². The molecule has 4 aromatic rings. The zero-order valence-corrected chi connectivity index (χ0v) is 48.4. The number of carbonyl (C=O) groups is 1. The van der Waals surface area contributed by atoms with Crippen molar-refractivity contribution in [1.29, 1.82) is 0 Å². The molecule has 0 unspecified atom stereocenters. The third-order valence-electron chi connectivity index (χ3n) is 7.10. The number of carboxylic acid groups (broad SMARTS) is 1. The number of nitrogens with two attached hydrogens (primary N) is 1. The Balaban J connectivity index is -0.00000641. The number of phenolic OH excluding ortho intramolecular Hbond substituents is 1. The Morgan fingerprint density at radius 2 is 1.32 bits per heavy atom. The monoisotopic (exact) mass is 1070 g/mol. The van der Waals surface area contributed by atoms with E-state index in [9.17, 15) is 68.3 Å². The predicted molar refractivity (Wildman–Crippen MR) is 194 cm³/mol. The van der Waals surface area contributed by atoms with Crippen molar-refractivity contribution < 1.29 is 243 Å². The molecule has 37 heteroatoms. The van der Waals surface area contributed by atoms with Crippen LogP contribution in [0.15, 0.2) is 94.6 Å². The van der Waals surface area contributed by atoms with E-state index in [1.165, 1.54) is 18.2 Å². The summed E-state index contributed by atoms with van der Waals surface area (Å²) in [6, 6.07) is 8.41. The van der Waals surface area contributed by atoms with Gasteiger partial charge in [0.25, 0.3) is 0 Å². The molecule has 26 nitrogen and oxygen atoms in total. The molecule has 0 spiro atoms. The van der Waals surface area contributed by atoms with E-state index in [-0.39, 0.29) is 200 Å². The van der Waals surface area contributed by atoms with E-state index >= 15 is 0 Å². The number of anilines is 1. The molecular formula is C28H24N5Na5O21S6. The number of phenols is 1. The van der Waals surface area contributed by atoms with Crippen LogP contribution < -0.4 is 169 Å². The summed E-state index contributed by atoms with van der Waals surface area (Å²) >= 11 is 0.191. The van der Waals surface area contributed by atoms with Crippen molar-refractivity contribution in [2.24, 2.45) is 20.5 Å². The SMILES string of the molecule is C.Nc1c(N=Nc2cc(S(=O)(=O)CCOS(=O)(=O)[O-])ccc2C(=O)[O-])c(S(=O)(=O)[O-])cc2cc(SOO[O-])c(N=Nc3cccc(S(=O)(=O)CCOSOO[O-])c3)c(O)c12.[Na+].[Na+].[Na+].[Na+].[Na+]. The van der Waals surface area contributed by atoms with Gasteiger partial charge in [-0.25, -0.2) is 33.7 Å². The number of azo groups is 2. The quantitative estimate of drug-likeness (QED) is 0.00900. The van der Waals surface area contributed by atoms with Gasteiger partial charge in [0.2, 0.25) is 10.4 Å². The number of benzene rings is 4. The number of rotatable bonds is 21. The molecule has 0 fully saturated rings. The number of sulfone groups is 2. The van der Waals surface area contributed by atoms with Crippen LogP contribution >= 0.6 is 24.4 Å². The van der Waals surface area contributed by atoms with Gasteiger partial charge in [-0.2, -0.15) is 9.45 Å². The minimum absolute atomic E-state index is 0. The number of aromatic hydroxyl groups is 1. The maximum atomic E-state index is 12.8. The largest absolute Gasteiger partial charge is 1.00 e. The molecule has 0 amide bonds. The molecule has 4 rings (SSSR count). The van der Waals surface area contributed by atoms with Gasteiger partial charge < -0.3 is 40.4 Å². The van der Waals surface area contributed by atoms with Crippen LogP contribution in [0.1, 0.15) is 17.8 Å². The Bertz CT molecular complexity index is 2780. The Morgan fingerprint density at radius 3 is 1.89 bits per heavy atom. The summed E-state index contributed by atoms with van der Waals surface area (Å²) < 4.78 is 137. The van der Waals surface area contributed by atoms with E-state index in [2.05, 4.69) is 43.4 Å². The number of carboxylic acids is 1. The number of nitrogens with zero attached hydrogens (tertiary/aromatic N) is 4. The van der Waals surface area contributed by atoms with Crippen molar-refractivity contribution in [3.05, 3.63) is 60.2 Å². The summed E-state index contributed by atoms with van der Waals surface area (Å²) in [5, 5.41) is 64.2. The molecule has 0 bridgehead atoms. The number of fused-ring (bicyclic) bond motifs is 1. The van der Waals surface area contributed by atoms with Gasteiger partial charge in [0.15, 0.2) is 37.7 Å². The number of hydrogen-bond donors (Lipinski definition) is 2. The van der Waals surface area contributed by atoms with E-state index in [4.69, 9.17) is 9.92 Å². The zero-order chi connectivity index (χ0) is 43.8. The number of carbonyl (C=O) groups excluding carboxylic acids is 1. The molecular weight excluding hydrogens is 1050 g/mol. The van der Waals surface area contributed by atoms with Crippen molar-refractivity contribution in [3.8, 4) is 5.75 Å². The second-order valence-electron chi connectivity index (χ2n) is 10.7. The third kappa shape index (κ3) is 20.3. The van der Waals surface area contributed by atoms with Gasteiger partial charge in [-0.15, -0.1) is 19.7 Å². The van der Waals surface area contributed by atoms with Crippen LogP contribution in [0.2, 0.25) is 0 Å². The van der Waals surface area contributed by atoms with Crippen molar-refractivity contribution in [3.63, 3.8) is 0 Å². The molecule has 0 aliphatic carbocycles. The molecule has 0 saturated heterocycles. The normalized spacial score (nSPS) is 11.7. The minimum Gasteiger partial charge on any atom is -0.744 e. The molecule has 0 aliphatic heterocycles. The van der Waals surface area contributed by atoms with E-state index in [0.29, 0.717) is 18.2 Å². The van der Waals surface area contributed by atoms with Crippen molar-refractivity contribution in [2.75, 3.05) is 30.5 Å². The molecule has 0 atom stereocenters. The minimum atomic E-state index is -5.57. The fraction of sp³-hybridized carbons (Fsp3) is 0.179. The Labute approximate surface area is 489 Å². The first-order valence-electron chi connectivity index (χ1n) is 14.9. The van der Waals surface area contributed by atoms with Gasteiger partial charge in [0.1, 0.15) is 21.5 Å². The second-order valence-corrected chi connectivity index (χ2v) is 18.6. The fourth-order valence-corrected chi connectivity index (χ4v) is 8.71. The smallest absolute Gasteiger partial charge is 0.744 e. The average Bonchev–Trinajstić information content (AvgIpc) is 3.15. The Morgan fingerprint density at radius 1 is 0.738 bits per heavy atom. The van der Waals surface area contributed by atoms with Crippen LogP contribution in [0.4, 0.5) is 28.4 Å². The van der Waals surface area contributed by atoms with Gasteiger partial charge in [0, 0.05) is 5.56 Å². The van der Waals surface area contributed by atoms with Gasteiger partial charge in [-0.05, 0) is 53.9 Å². The van der Waals surface area contributed by atoms with Crippen molar-refractivity contribution >= 4 is 110 Å². The van der Waals surface area contributed by atoms with E-state index in [1.807, 2.05) is 0 Å². The van der Waals surface area contributed by atoms with Crippen molar-refractivity contribution in [2.45, 2.75) is 27.0 Å². The maximum Gasteiger partial charge on any atom is 1.00 e. The first-order chi connectivity index (χ1) is 27.6. The topological polar surface area (TPSA) is 420 Å². The second kappa shape index (κ2) is 31.1.